The molecule has 5 heteroatoms. The molecule has 0 aliphatic carbocycles. The van der Waals surface area contributed by atoms with Gasteiger partial charge in [0.15, 0.2) is 0 Å². The molecule has 212 valence electrons. The van der Waals surface area contributed by atoms with Crippen molar-refractivity contribution < 1.29 is 9.59 Å². The van der Waals surface area contributed by atoms with Gasteiger partial charge >= 0.3 is 0 Å². The Morgan fingerprint density at radius 3 is 1.48 bits per heavy atom. The van der Waals surface area contributed by atoms with Gasteiger partial charge in [-0.25, -0.2) is 0 Å². The number of imide groups is 1. The Balaban J connectivity index is 1.53. The molecule has 0 atom stereocenters. The van der Waals surface area contributed by atoms with Crippen molar-refractivity contribution in [3.8, 4) is 0 Å². The molecule has 0 saturated carbocycles. The largest absolute Gasteiger partial charge is 0.344 e. The maximum absolute atomic E-state index is 14.6. The van der Waals surface area contributed by atoms with Gasteiger partial charge in [0.1, 0.15) is 0 Å². The second-order valence-corrected chi connectivity index (χ2v) is 11.8. The first kappa shape index (κ1) is 26.5. The van der Waals surface area contributed by atoms with Gasteiger partial charge in [-0.15, -0.1) is 0 Å². The summed E-state index contributed by atoms with van der Waals surface area (Å²) in [5.74, 6) is -0.413. The molecule has 2 amide bonds. The van der Waals surface area contributed by atoms with Gasteiger partial charge in [0.25, 0.3) is 11.8 Å². The highest BCUT2D eigenvalue weighted by Crippen LogP contribution is 2.45. The minimum absolute atomic E-state index is 0.206. The molecule has 0 saturated heterocycles. The van der Waals surface area contributed by atoms with E-state index in [-0.39, 0.29) is 18.4 Å². The van der Waals surface area contributed by atoms with Crippen LogP contribution in [0.4, 0.5) is 0 Å². The standard InChI is InChI=1S/C37H37N3O2/c1-25-32-28-18-10-12-20-30(28)38(25)22-14-5-3-4-6-15-23-39-26(2)33(29-19-11-13-21-31(29)39)35-34(32)36(41)40(37(35)42)24-27-16-8-7-9-17-27/h7-13,16-21H,3-6,14-15,22-24H2,1-2H3. The highest BCUT2D eigenvalue weighted by molar-refractivity contribution is 6.51. The summed E-state index contributed by atoms with van der Waals surface area (Å²) in [6.45, 7) is 6.31. The number of aromatic nitrogens is 2. The summed E-state index contributed by atoms with van der Waals surface area (Å²) in [4.78, 5) is 30.6. The first-order valence-corrected chi connectivity index (χ1v) is 15.4. The average Bonchev–Trinajstić information content (AvgIpc) is 3.53. The highest BCUT2D eigenvalue weighted by atomic mass is 16.2. The molecule has 2 aliphatic rings. The van der Waals surface area contributed by atoms with E-state index in [2.05, 4.69) is 59.4 Å². The maximum atomic E-state index is 14.6. The Morgan fingerprint density at radius 2 is 0.976 bits per heavy atom. The van der Waals surface area contributed by atoms with Gasteiger partial charge in [-0.2, -0.15) is 0 Å². The van der Waals surface area contributed by atoms with Gasteiger partial charge in [0, 0.05) is 57.4 Å². The number of hydrogen-bond acceptors (Lipinski definition) is 2. The Hall–Kier alpha value is -4.38. The van der Waals surface area contributed by atoms with Crippen LogP contribution in [-0.4, -0.2) is 25.8 Å². The molecule has 4 bridgehead atoms. The zero-order chi connectivity index (χ0) is 28.8. The molecule has 2 aliphatic heterocycles. The van der Waals surface area contributed by atoms with Crippen molar-refractivity contribution in [2.75, 3.05) is 0 Å². The van der Waals surface area contributed by atoms with Crippen LogP contribution >= 0.6 is 0 Å². The zero-order valence-electron chi connectivity index (χ0n) is 24.5. The number of nitrogens with zero attached hydrogens (tertiary/aromatic N) is 3. The fourth-order valence-electron chi connectivity index (χ4n) is 7.27. The molecule has 42 heavy (non-hydrogen) atoms. The van der Waals surface area contributed by atoms with Crippen LogP contribution in [-0.2, 0) is 29.2 Å². The van der Waals surface area contributed by atoms with Gasteiger partial charge in [-0.1, -0.05) is 92.4 Å². The first-order valence-electron chi connectivity index (χ1n) is 15.4. The average molecular weight is 556 g/mol. The molecule has 5 aromatic rings. The SMILES string of the molecule is Cc1c2c3ccccc3n1CCCCCCCCn1c(C)c(c3ccccc31)C1=C2C(=O)N(Cc2ccccc2)C1=O. The van der Waals surface area contributed by atoms with Crippen molar-refractivity contribution >= 4 is 44.8 Å². The van der Waals surface area contributed by atoms with Crippen molar-refractivity contribution in [1.29, 1.82) is 0 Å². The molecular weight excluding hydrogens is 518 g/mol. The Morgan fingerprint density at radius 1 is 0.548 bits per heavy atom. The molecule has 0 spiro atoms. The number of carbonyl (C=O) groups excluding carboxylic acids is 2. The van der Waals surface area contributed by atoms with E-state index in [0.29, 0.717) is 11.1 Å². The van der Waals surface area contributed by atoms with E-state index in [1.165, 1.54) is 30.6 Å². The molecule has 0 unspecified atom stereocenters. The third kappa shape index (κ3) is 4.22. The van der Waals surface area contributed by atoms with Crippen molar-refractivity contribution in [2.24, 2.45) is 0 Å². The fraction of sp³-hybridized carbons (Fsp3) is 0.297. The third-order valence-electron chi connectivity index (χ3n) is 9.33. The van der Waals surface area contributed by atoms with E-state index in [0.717, 1.165) is 75.8 Å². The van der Waals surface area contributed by atoms with Crippen molar-refractivity contribution in [3.63, 3.8) is 0 Å². The lowest BCUT2D eigenvalue weighted by atomic mass is 9.93. The van der Waals surface area contributed by atoms with E-state index in [1.54, 1.807) is 0 Å². The van der Waals surface area contributed by atoms with Gasteiger partial charge < -0.3 is 9.13 Å². The van der Waals surface area contributed by atoms with Crippen LogP contribution in [0.5, 0.6) is 0 Å². The summed E-state index contributed by atoms with van der Waals surface area (Å²) in [6, 6.07) is 26.6. The minimum atomic E-state index is -0.206. The zero-order valence-corrected chi connectivity index (χ0v) is 24.5. The number of rotatable bonds is 2. The Kier molecular flexibility index (Phi) is 6.81. The van der Waals surface area contributed by atoms with Crippen LogP contribution in [0, 0.1) is 13.8 Å². The maximum Gasteiger partial charge on any atom is 0.262 e. The number of carbonyl (C=O) groups is 2. The predicted octanol–water partition coefficient (Wildman–Crippen LogP) is 8.05. The molecular formula is C37H37N3O2. The summed E-state index contributed by atoms with van der Waals surface area (Å²) in [5.41, 5.74) is 8.19. The van der Waals surface area contributed by atoms with Gasteiger partial charge in [0.2, 0.25) is 0 Å². The van der Waals surface area contributed by atoms with Crippen molar-refractivity contribution in [1.82, 2.24) is 14.0 Å². The van der Waals surface area contributed by atoms with Gasteiger partial charge in [-0.05, 0) is 44.4 Å². The second kappa shape index (κ2) is 10.8. The smallest absolute Gasteiger partial charge is 0.262 e. The number of benzene rings is 3. The van der Waals surface area contributed by atoms with Crippen LogP contribution in [0.25, 0.3) is 33.0 Å². The minimum Gasteiger partial charge on any atom is -0.344 e. The highest BCUT2D eigenvalue weighted by Gasteiger charge is 2.43. The number of fused-ring (bicyclic) bond motifs is 12. The molecule has 4 heterocycles. The lowest BCUT2D eigenvalue weighted by Crippen LogP contribution is -2.31. The van der Waals surface area contributed by atoms with Crippen LogP contribution in [0.15, 0.2) is 78.9 Å². The third-order valence-corrected chi connectivity index (χ3v) is 9.33. The second-order valence-electron chi connectivity index (χ2n) is 11.8. The first-order chi connectivity index (χ1) is 20.6. The number of para-hydroxylation sites is 2. The normalized spacial score (nSPS) is 16.6. The number of hydrogen-bond donors (Lipinski definition) is 0. The van der Waals surface area contributed by atoms with Gasteiger partial charge in [-0.3, -0.25) is 14.5 Å². The van der Waals surface area contributed by atoms with Crippen molar-refractivity contribution in [2.45, 2.75) is 72.0 Å². The van der Waals surface area contributed by atoms with Crippen LogP contribution < -0.4 is 0 Å². The molecule has 0 N–H and O–H groups in total. The molecule has 5 nitrogen and oxygen atoms in total. The van der Waals surface area contributed by atoms with Crippen LogP contribution in [0.3, 0.4) is 0 Å². The van der Waals surface area contributed by atoms with E-state index < -0.39 is 0 Å². The summed E-state index contributed by atoms with van der Waals surface area (Å²) >= 11 is 0. The quantitative estimate of drug-likeness (QED) is 0.207. The van der Waals surface area contributed by atoms with Crippen molar-refractivity contribution in [3.05, 3.63) is 107 Å². The molecule has 0 radical (unpaired) electrons. The summed E-state index contributed by atoms with van der Waals surface area (Å²) in [7, 11) is 0. The topological polar surface area (TPSA) is 47.2 Å². The molecule has 7 rings (SSSR count). The lowest BCUT2D eigenvalue weighted by molar-refractivity contribution is -0.136. The fourth-order valence-corrected chi connectivity index (χ4v) is 7.27. The van der Waals surface area contributed by atoms with E-state index in [9.17, 15) is 9.59 Å². The predicted molar refractivity (Wildman–Crippen MR) is 170 cm³/mol. The number of aryl methyl sites for hydroxylation is 2. The summed E-state index contributed by atoms with van der Waals surface area (Å²) in [6.07, 6.45) is 7.04. The number of amides is 2. The molecule has 0 fully saturated rings. The van der Waals surface area contributed by atoms with Crippen LogP contribution in [0.1, 0.15) is 66.6 Å². The summed E-state index contributed by atoms with van der Waals surface area (Å²) < 4.78 is 4.74. The monoisotopic (exact) mass is 555 g/mol. The Labute approximate surface area is 247 Å². The molecule has 3 aromatic carbocycles. The summed E-state index contributed by atoms with van der Waals surface area (Å²) in [5, 5.41) is 2.08. The lowest BCUT2D eigenvalue weighted by Gasteiger charge is -2.15. The van der Waals surface area contributed by atoms with E-state index in [1.807, 2.05) is 42.5 Å². The van der Waals surface area contributed by atoms with E-state index in [4.69, 9.17) is 0 Å². The van der Waals surface area contributed by atoms with Gasteiger partial charge in [0.05, 0.1) is 17.7 Å². The Bertz CT molecular complexity index is 1760. The van der Waals surface area contributed by atoms with E-state index >= 15 is 0 Å². The van der Waals surface area contributed by atoms with Crippen LogP contribution in [0.2, 0.25) is 0 Å². The molecule has 2 aromatic heterocycles.